The molecule has 23 heavy (non-hydrogen) atoms. The number of benzene rings is 2. The van der Waals surface area contributed by atoms with E-state index in [4.69, 9.17) is 0 Å². The zero-order valence-electron chi connectivity index (χ0n) is 13.7. The summed E-state index contributed by atoms with van der Waals surface area (Å²) in [5.41, 5.74) is 3.17. The Morgan fingerprint density at radius 3 is 2.52 bits per heavy atom. The van der Waals surface area contributed by atoms with Crippen molar-refractivity contribution < 1.29 is 9.69 Å². The zero-order valence-corrected chi connectivity index (χ0v) is 16.1. The van der Waals surface area contributed by atoms with Gasteiger partial charge >= 0.3 is 0 Å². The topological polar surface area (TPSA) is 33.5 Å². The van der Waals surface area contributed by atoms with E-state index in [9.17, 15) is 4.79 Å². The summed E-state index contributed by atoms with van der Waals surface area (Å²) in [5.74, 6) is 0.0358. The number of anilines is 1. The van der Waals surface area contributed by atoms with Crippen LogP contribution in [-0.2, 0) is 11.3 Å². The molecule has 2 N–H and O–H groups in total. The van der Waals surface area contributed by atoms with Gasteiger partial charge in [-0.2, -0.15) is 0 Å². The molecular formula is C18H22BrN2OS+. The number of amides is 1. The predicted molar refractivity (Wildman–Crippen MR) is 101 cm³/mol. The fraction of sp³-hybridized carbons (Fsp3) is 0.278. The van der Waals surface area contributed by atoms with E-state index in [-0.39, 0.29) is 5.91 Å². The highest BCUT2D eigenvalue weighted by atomic mass is 79.9. The number of hydrogen-bond donors (Lipinski definition) is 2. The lowest BCUT2D eigenvalue weighted by Gasteiger charge is -2.15. The molecule has 2 aromatic carbocycles. The first-order chi connectivity index (χ1) is 11.0. The Hall–Kier alpha value is -1.30. The van der Waals surface area contributed by atoms with Gasteiger partial charge in [0.15, 0.2) is 6.54 Å². The van der Waals surface area contributed by atoms with Crippen LogP contribution in [0.15, 0.2) is 51.8 Å². The predicted octanol–water partition coefficient (Wildman–Crippen LogP) is 3.13. The number of carbonyl (C=O) groups is 1. The zero-order chi connectivity index (χ0) is 16.8. The van der Waals surface area contributed by atoms with Crippen molar-refractivity contribution >= 4 is 39.3 Å². The Morgan fingerprint density at radius 1 is 1.22 bits per heavy atom. The van der Waals surface area contributed by atoms with Crippen molar-refractivity contribution in [2.24, 2.45) is 0 Å². The minimum absolute atomic E-state index is 0.0358. The Labute approximate surface area is 150 Å². The second kappa shape index (κ2) is 8.52. The van der Waals surface area contributed by atoms with Crippen LogP contribution in [0.25, 0.3) is 0 Å². The Morgan fingerprint density at radius 2 is 1.91 bits per heavy atom. The highest BCUT2D eigenvalue weighted by molar-refractivity contribution is 9.10. The van der Waals surface area contributed by atoms with E-state index in [1.54, 1.807) is 11.8 Å². The number of halogens is 1. The minimum atomic E-state index is 0.0358. The van der Waals surface area contributed by atoms with Crippen LogP contribution in [0, 0.1) is 6.92 Å². The molecule has 0 saturated carbocycles. The molecule has 3 nitrogen and oxygen atoms in total. The molecule has 2 aromatic rings. The molecule has 1 amide bonds. The van der Waals surface area contributed by atoms with Crippen molar-refractivity contribution in [1.29, 1.82) is 0 Å². The number of thioether (sulfide) groups is 1. The number of nitrogens with one attached hydrogen (secondary N) is 2. The average molecular weight is 394 g/mol. The van der Waals surface area contributed by atoms with E-state index in [1.807, 2.05) is 32.2 Å². The van der Waals surface area contributed by atoms with Gasteiger partial charge in [0.1, 0.15) is 6.54 Å². The van der Waals surface area contributed by atoms with Gasteiger partial charge in [0, 0.05) is 20.6 Å². The molecule has 1 unspecified atom stereocenters. The molecule has 0 aliphatic heterocycles. The molecule has 122 valence electrons. The van der Waals surface area contributed by atoms with Gasteiger partial charge in [0.25, 0.3) is 5.91 Å². The van der Waals surface area contributed by atoms with Gasteiger partial charge in [0.05, 0.1) is 7.05 Å². The number of rotatable bonds is 6. The van der Waals surface area contributed by atoms with Gasteiger partial charge < -0.3 is 10.2 Å². The van der Waals surface area contributed by atoms with Crippen LogP contribution >= 0.6 is 27.7 Å². The summed E-state index contributed by atoms with van der Waals surface area (Å²) in [6.45, 7) is 3.27. The summed E-state index contributed by atoms with van der Waals surface area (Å²) < 4.78 is 1.02. The molecular weight excluding hydrogens is 372 g/mol. The first-order valence-electron chi connectivity index (χ1n) is 7.48. The Balaban J connectivity index is 1.88. The molecule has 0 fully saturated rings. The third-order valence-electron chi connectivity index (χ3n) is 3.59. The number of likely N-dealkylation sites (N-methyl/N-ethyl adjacent to an activating group) is 1. The summed E-state index contributed by atoms with van der Waals surface area (Å²) in [4.78, 5) is 14.6. The molecule has 0 saturated heterocycles. The van der Waals surface area contributed by atoms with E-state index in [2.05, 4.69) is 51.8 Å². The largest absolute Gasteiger partial charge is 0.326 e. The number of aryl methyl sites for hydroxylation is 1. The van der Waals surface area contributed by atoms with Gasteiger partial charge in [-0.05, 0) is 49.1 Å². The molecule has 0 aliphatic carbocycles. The number of carbonyl (C=O) groups excluding carboxylic acids is 1. The van der Waals surface area contributed by atoms with Crippen molar-refractivity contribution in [2.45, 2.75) is 18.4 Å². The fourth-order valence-electron chi connectivity index (χ4n) is 2.39. The lowest BCUT2D eigenvalue weighted by Crippen LogP contribution is -3.08. The fourth-order valence-corrected chi connectivity index (χ4v) is 3.27. The van der Waals surface area contributed by atoms with Crippen molar-refractivity contribution in [2.75, 3.05) is 25.2 Å². The summed E-state index contributed by atoms with van der Waals surface area (Å²) in [5, 5.41) is 2.99. The van der Waals surface area contributed by atoms with Crippen LogP contribution < -0.4 is 10.2 Å². The van der Waals surface area contributed by atoms with E-state index in [0.717, 1.165) is 27.2 Å². The van der Waals surface area contributed by atoms with Crippen molar-refractivity contribution in [3.8, 4) is 0 Å². The maximum absolute atomic E-state index is 12.2. The summed E-state index contributed by atoms with van der Waals surface area (Å²) in [6.07, 6.45) is 2.07. The molecule has 0 spiro atoms. The molecule has 0 bridgehead atoms. The quantitative estimate of drug-likeness (QED) is 0.739. The van der Waals surface area contributed by atoms with Crippen LogP contribution in [0.5, 0.6) is 0 Å². The third-order valence-corrected chi connectivity index (χ3v) is 4.83. The van der Waals surface area contributed by atoms with Gasteiger partial charge in [-0.1, -0.05) is 28.1 Å². The molecule has 5 heteroatoms. The highest BCUT2D eigenvalue weighted by Gasteiger charge is 2.12. The lowest BCUT2D eigenvalue weighted by atomic mass is 10.2. The van der Waals surface area contributed by atoms with Crippen LogP contribution in [0.1, 0.15) is 11.1 Å². The van der Waals surface area contributed by atoms with Gasteiger partial charge in [0.2, 0.25) is 0 Å². The Bertz CT molecular complexity index is 673. The summed E-state index contributed by atoms with van der Waals surface area (Å²) >= 11 is 5.17. The van der Waals surface area contributed by atoms with E-state index in [0.29, 0.717) is 6.54 Å². The number of hydrogen-bond acceptors (Lipinski definition) is 2. The molecule has 1 atom stereocenters. The first kappa shape index (κ1) is 18.0. The summed E-state index contributed by atoms with van der Waals surface area (Å²) in [7, 11) is 2.04. The highest BCUT2D eigenvalue weighted by Crippen LogP contribution is 2.19. The van der Waals surface area contributed by atoms with E-state index in [1.165, 1.54) is 10.5 Å². The molecule has 0 heterocycles. The lowest BCUT2D eigenvalue weighted by molar-refractivity contribution is -0.885. The standard InChI is InChI=1S/C18H21BrN2OS/c1-13-10-15(19)6-9-17(13)20-18(22)12-21(2)11-14-4-7-16(23-3)8-5-14/h4-10H,11-12H2,1-3H3,(H,20,22)/p+1. The maximum atomic E-state index is 12.2. The van der Waals surface area contributed by atoms with Crippen LogP contribution in [0.2, 0.25) is 0 Å². The normalized spacial score (nSPS) is 12.0. The minimum Gasteiger partial charge on any atom is -0.326 e. The first-order valence-corrected chi connectivity index (χ1v) is 9.50. The van der Waals surface area contributed by atoms with Crippen molar-refractivity contribution in [3.05, 3.63) is 58.1 Å². The smallest absolute Gasteiger partial charge is 0.279 e. The molecule has 2 rings (SSSR count). The SMILES string of the molecule is CSc1ccc(C[NH+](C)CC(=O)Nc2ccc(Br)cc2C)cc1. The van der Waals surface area contributed by atoms with E-state index < -0.39 is 0 Å². The maximum Gasteiger partial charge on any atom is 0.279 e. The van der Waals surface area contributed by atoms with Crippen molar-refractivity contribution in [1.82, 2.24) is 0 Å². The Kier molecular flexibility index (Phi) is 6.69. The molecule has 0 aromatic heterocycles. The van der Waals surface area contributed by atoms with Gasteiger partial charge in [-0.3, -0.25) is 4.79 Å². The van der Waals surface area contributed by atoms with E-state index >= 15 is 0 Å². The van der Waals surface area contributed by atoms with Crippen LogP contribution in [0.3, 0.4) is 0 Å². The second-order valence-corrected chi connectivity index (χ2v) is 7.46. The average Bonchev–Trinajstić information content (AvgIpc) is 2.50. The monoisotopic (exact) mass is 393 g/mol. The summed E-state index contributed by atoms with van der Waals surface area (Å²) in [6, 6.07) is 14.4. The van der Waals surface area contributed by atoms with Crippen LogP contribution in [0.4, 0.5) is 5.69 Å². The van der Waals surface area contributed by atoms with Gasteiger partial charge in [-0.25, -0.2) is 0 Å². The molecule has 0 aliphatic rings. The van der Waals surface area contributed by atoms with Crippen molar-refractivity contribution in [3.63, 3.8) is 0 Å². The third kappa shape index (κ3) is 5.68. The molecule has 0 radical (unpaired) electrons. The number of quaternary nitrogens is 1. The van der Waals surface area contributed by atoms with Crippen LogP contribution in [-0.4, -0.2) is 25.8 Å². The van der Waals surface area contributed by atoms with Gasteiger partial charge in [-0.15, -0.1) is 11.8 Å². The second-order valence-electron chi connectivity index (χ2n) is 5.67.